The van der Waals surface area contributed by atoms with Crippen LogP contribution in [-0.2, 0) is 11.2 Å². The maximum absolute atomic E-state index is 11.9. The second kappa shape index (κ2) is 4.74. The smallest absolute Gasteiger partial charge is 0.140 e. The molecule has 1 aliphatic rings. The van der Waals surface area contributed by atoms with E-state index in [-0.39, 0.29) is 0 Å². The Hall–Kier alpha value is -0.630. The molecule has 2 heteroatoms. The molecule has 0 amide bonds. The van der Waals surface area contributed by atoms with Crippen molar-refractivity contribution >= 4 is 17.1 Å². The Kier molecular flexibility index (Phi) is 3.35. The number of carbonyl (C=O) groups is 1. The number of Topliss-reactive ketones (excluding diaryl/α,β-unsaturated/α-hetero) is 1. The Labute approximate surface area is 89.1 Å². The minimum Gasteiger partial charge on any atom is -0.299 e. The van der Waals surface area contributed by atoms with Crippen molar-refractivity contribution in [1.82, 2.24) is 0 Å². The van der Waals surface area contributed by atoms with E-state index in [4.69, 9.17) is 0 Å². The van der Waals surface area contributed by atoms with Gasteiger partial charge in [-0.25, -0.2) is 0 Å². The molecule has 0 spiro atoms. The number of rotatable bonds is 3. The zero-order valence-electron chi connectivity index (χ0n) is 8.37. The van der Waals surface area contributed by atoms with Gasteiger partial charge in [-0.1, -0.05) is 19.3 Å². The summed E-state index contributed by atoms with van der Waals surface area (Å²) in [6, 6.07) is 2.06. The van der Waals surface area contributed by atoms with Crippen molar-refractivity contribution in [3.63, 3.8) is 0 Å². The Morgan fingerprint density at radius 2 is 2.14 bits per heavy atom. The van der Waals surface area contributed by atoms with Crippen LogP contribution in [0.1, 0.15) is 37.7 Å². The van der Waals surface area contributed by atoms with E-state index in [1.54, 1.807) is 11.3 Å². The second-order valence-corrected chi connectivity index (χ2v) is 4.89. The third kappa shape index (κ3) is 2.44. The van der Waals surface area contributed by atoms with Gasteiger partial charge in [0.25, 0.3) is 0 Å². The fourth-order valence-corrected chi connectivity index (χ4v) is 2.83. The number of thiophene rings is 1. The molecular formula is C12H16OS. The molecule has 0 N–H and O–H groups in total. The van der Waals surface area contributed by atoms with Crippen molar-refractivity contribution in [3.05, 3.63) is 22.4 Å². The van der Waals surface area contributed by atoms with E-state index < -0.39 is 0 Å². The van der Waals surface area contributed by atoms with Gasteiger partial charge >= 0.3 is 0 Å². The summed E-state index contributed by atoms with van der Waals surface area (Å²) in [5, 5.41) is 4.13. The number of hydrogen-bond donors (Lipinski definition) is 0. The van der Waals surface area contributed by atoms with Gasteiger partial charge in [-0.05, 0) is 35.2 Å². The van der Waals surface area contributed by atoms with Crippen LogP contribution in [0.25, 0.3) is 0 Å². The molecule has 1 aromatic rings. The van der Waals surface area contributed by atoms with E-state index in [0.29, 0.717) is 18.1 Å². The minimum atomic E-state index is 0.364. The molecule has 76 valence electrons. The molecule has 0 saturated heterocycles. The predicted molar refractivity (Wildman–Crippen MR) is 59.6 cm³/mol. The maximum Gasteiger partial charge on any atom is 0.140 e. The summed E-state index contributed by atoms with van der Waals surface area (Å²) in [6.45, 7) is 0. The summed E-state index contributed by atoms with van der Waals surface area (Å²) in [5.74, 6) is 0.826. The number of carbonyl (C=O) groups excluding carboxylic acids is 1. The van der Waals surface area contributed by atoms with Crippen molar-refractivity contribution in [1.29, 1.82) is 0 Å². The highest BCUT2D eigenvalue weighted by Gasteiger charge is 2.20. The first-order chi connectivity index (χ1) is 6.86. The lowest BCUT2D eigenvalue weighted by Gasteiger charge is -2.19. The first-order valence-corrected chi connectivity index (χ1v) is 6.34. The average molecular weight is 208 g/mol. The monoisotopic (exact) mass is 208 g/mol. The summed E-state index contributed by atoms with van der Waals surface area (Å²) in [7, 11) is 0. The summed E-state index contributed by atoms with van der Waals surface area (Å²) < 4.78 is 0. The SMILES string of the molecule is O=C(Cc1ccsc1)C1CCCCC1. The fourth-order valence-electron chi connectivity index (χ4n) is 2.16. The van der Waals surface area contributed by atoms with Crippen LogP contribution in [0.15, 0.2) is 16.8 Å². The van der Waals surface area contributed by atoms with Gasteiger partial charge in [-0.3, -0.25) is 4.79 Å². The second-order valence-electron chi connectivity index (χ2n) is 4.11. The van der Waals surface area contributed by atoms with Crippen LogP contribution in [0.5, 0.6) is 0 Å². The summed E-state index contributed by atoms with van der Waals surface area (Å²) in [5.41, 5.74) is 1.20. The van der Waals surface area contributed by atoms with Crippen molar-refractivity contribution in [3.8, 4) is 0 Å². The molecule has 1 heterocycles. The van der Waals surface area contributed by atoms with E-state index in [1.807, 2.05) is 5.38 Å². The topological polar surface area (TPSA) is 17.1 Å². The molecular weight excluding hydrogens is 192 g/mol. The third-order valence-corrected chi connectivity index (χ3v) is 3.75. The normalized spacial score (nSPS) is 18.3. The van der Waals surface area contributed by atoms with Crippen molar-refractivity contribution < 1.29 is 4.79 Å². The molecule has 0 bridgehead atoms. The highest BCUT2D eigenvalue weighted by molar-refractivity contribution is 7.07. The Morgan fingerprint density at radius 1 is 1.36 bits per heavy atom. The Balaban J connectivity index is 1.88. The van der Waals surface area contributed by atoms with Gasteiger partial charge in [-0.2, -0.15) is 11.3 Å². The van der Waals surface area contributed by atoms with Gasteiger partial charge in [0.2, 0.25) is 0 Å². The molecule has 0 aromatic carbocycles. The summed E-state index contributed by atoms with van der Waals surface area (Å²) in [4.78, 5) is 11.9. The van der Waals surface area contributed by atoms with E-state index in [2.05, 4.69) is 11.4 Å². The molecule has 2 rings (SSSR count). The van der Waals surface area contributed by atoms with Crippen LogP contribution in [0.3, 0.4) is 0 Å². The van der Waals surface area contributed by atoms with E-state index in [9.17, 15) is 4.79 Å². The first-order valence-electron chi connectivity index (χ1n) is 5.40. The van der Waals surface area contributed by atoms with Crippen LogP contribution >= 0.6 is 11.3 Å². The highest BCUT2D eigenvalue weighted by Crippen LogP contribution is 2.25. The Bertz CT molecular complexity index is 283. The zero-order valence-corrected chi connectivity index (χ0v) is 9.19. The average Bonchev–Trinajstić information content (AvgIpc) is 2.72. The van der Waals surface area contributed by atoms with Crippen LogP contribution in [0.4, 0.5) is 0 Å². The minimum absolute atomic E-state index is 0.364. The molecule has 0 radical (unpaired) electrons. The van der Waals surface area contributed by atoms with Crippen LogP contribution in [0.2, 0.25) is 0 Å². The lowest BCUT2D eigenvalue weighted by Crippen LogP contribution is -2.19. The van der Waals surface area contributed by atoms with E-state index >= 15 is 0 Å². The zero-order chi connectivity index (χ0) is 9.80. The molecule has 1 aliphatic carbocycles. The van der Waals surface area contributed by atoms with Crippen LogP contribution in [-0.4, -0.2) is 5.78 Å². The van der Waals surface area contributed by atoms with E-state index in [0.717, 1.165) is 12.8 Å². The summed E-state index contributed by atoms with van der Waals surface area (Å²) in [6.07, 6.45) is 6.74. The summed E-state index contributed by atoms with van der Waals surface area (Å²) >= 11 is 1.68. The van der Waals surface area contributed by atoms with E-state index in [1.165, 1.54) is 24.8 Å². The molecule has 1 aromatic heterocycles. The lowest BCUT2D eigenvalue weighted by atomic mass is 9.84. The highest BCUT2D eigenvalue weighted by atomic mass is 32.1. The van der Waals surface area contributed by atoms with Crippen LogP contribution < -0.4 is 0 Å². The molecule has 0 aliphatic heterocycles. The van der Waals surface area contributed by atoms with Crippen molar-refractivity contribution in [2.75, 3.05) is 0 Å². The largest absolute Gasteiger partial charge is 0.299 e. The maximum atomic E-state index is 11.9. The predicted octanol–water partition coefficient (Wildman–Crippen LogP) is 3.44. The van der Waals surface area contributed by atoms with Gasteiger partial charge in [0.05, 0.1) is 0 Å². The molecule has 14 heavy (non-hydrogen) atoms. The standard InChI is InChI=1S/C12H16OS/c13-12(8-10-6-7-14-9-10)11-4-2-1-3-5-11/h6-7,9,11H,1-5,8H2. The van der Waals surface area contributed by atoms with Gasteiger partial charge in [0.1, 0.15) is 5.78 Å². The molecule has 1 saturated carbocycles. The van der Waals surface area contributed by atoms with Crippen molar-refractivity contribution in [2.24, 2.45) is 5.92 Å². The third-order valence-electron chi connectivity index (χ3n) is 3.02. The quantitative estimate of drug-likeness (QED) is 0.743. The number of ketones is 1. The number of hydrogen-bond acceptors (Lipinski definition) is 2. The van der Waals surface area contributed by atoms with Gasteiger partial charge in [0, 0.05) is 12.3 Å². The van der Waals surface area contributed by atoms with Crippen LogP contribution in [0, 0.1) is 5.92 Å². The molecule has 1 fully saturated rings. The molecule has 0 unspecified atom stereocenters. The molecule has 0 atom stereocenters. The molecule has 1 nitrogen and oxygen atoms in total. The Morgan fingerprint density at radius 3 is 2.79 bits per heavy atom. The lowest BCUT2D eigenvalue weighted by molar-refractivity contribution is -0.123. The fraction of sp³-hybridized carbons (Fsp3) is 0.583. The van der Waals surface area contributed by atoms with Gasteiger partial charge in [0.15, 0.2) is 0 Å². The first kappa shape index (κ1) is 9.91. The van der Waals surface area contributed by atoms with Gasteiger partial charge in [-0.15, -0.1) is 0 Å². The van der Waals surface area contributed by atoms with Crippen molar-refractivity contribution in [2.45, 2.75) is 38.5 Å². The van der Waals surface area contributed by atoms with Gasteiger partial charge < -0.3 is 0 Å².